The Bertz CT molecular complexity index is 2390. The van der Waals surface area contributed by atoms with Crippen LogP contribution in [0.1, 0.15) is 75.6 Å². The first kappa shape index (κ1) is 39.8. The zero-order chi connectivity index (χ0) is 40.6. The normalized spacial score (nSPS) is 25.4. The maximum Gasteiger partial charge on any atom is 0.259 e. The lowest BCUT2D eigenvalue weighted by atomic mass is 10.0. The summed E-state index contributed by atoms with van der Waals surface area (Å²) in [5.74, 6) is -4.23. The zero-order valence-corrected chi connectivity index (χ0v) is 32.7. The van der Waals surface area contributed by atoms with Gasteiger partial charge in [0.25, 0.3) is 11.8 Å². The molecule has 4 amide bonds. The van der Waals surface area contributed by atoms with Crippen molar-refractivity contribution in [1.29, 1.82) is 0 Å². The van der Waals surface area contributed by atoms with Crippen LogP contribution < -0.4 is 20.1 Å². The van der Waals surface area contributed by atoms with E-state index in [1.807, 2.05) is 12.2 Å². The number of hydrogen-bond acceptors (Lipinski definition) is 9. The third kappa shape index (κ3) is 8.20. The van der Waals surface area contributed by atoms with E-state index in [1.165, 1.54) is 65.3 Å². The fourth-order valence-corrected chi connectivity index (χ4v) is 8.73. The molecule has 0 spiro atoms. The Balaban J connectivity index is 1.24. The van der Waals surface area contributed by atoms with Crippen LogP contribution in [-0.2, 0) is 31.5 Å². The van der Waals surface area contributed by atoms with Crippen molar-refractivity contribution in [2.75, 3.05) is 6.54 Å². The lowest BCUT2D eigenvalue weighted by Crippen LogP contribution is -2.58. The minimum atomic E-state index is -4.06. The summed E-state index contributed by atoms with van der Waals surface area (Å²) in [4.78, 5) is 62.2. The van der Waals surface area contributed by atoms with Crippen molar-refractivity contribution >= 4 is 55.3 Å². The third-order valence-corrected chi connectivity index (χ3v) is 13.1. The first-order valence-corrected chi connectivity index (χ1v) is 20.7. The van der Waals surface area contributed by atoms with Gasteiger partial charge >= 0.3 is 0 Å². The molecule has 1 unspecified atom stereocenters. The molecule has 3 aliphatic rings. The van der Waals surface area contributed by atoms with Crippen molar-refractivity contribution in [3.8, 4) is 5.88 Å². The lowest BCUT2D eigenvalue weighted by molar-refractivity contribution is -0.141. The molecule has 0 bridgehead atoms. The second-order valence-electron chi connectivity index (χ2n) is 15.2. The van der Waals surface area contributed by atoms with E-state index in [9.17, 15) is 36.4 Å². The van der Waals surface area contributed by atoms with Gasteiger partial charge in [-0.25, -0.2) is 22.2 Å². The standard InChI is InChI=1S/C40H45F2N7O7S/c1-4-23(2)57(54,55)47-39(53)40-19-25(40)10-8-6-5-7-9-11-32(44-35(50)24-20-43-48(3)21-24)38(52)49-22-28(18-34(49)36(51)46-40)56-37-30-15-13-26(41)16-31(30)29-14-12-27(42)17-33(29)45-37/h8,10,12-17,20-21,23,25,28,32,34H,4-7,9,11,18-19,22H2,1-3H3,(H,44,50)(H,46,51)(H,47,53)/b10-8-/t23?,25-,28-,32+,34+,40-/m1/s1. The van der Waals surface area contributed by atoms with Crippen LogP contribution in [0.5, 0.6) is 5.88 Å². The van der Waals surface area contributed by atoms with E-state index in [1.54, 1.807) is 14.0 Å². The van der Waals surface area contributed by atoms with Crippen LogP contribution in [0.15, 0.2) is 60.9 Å². The number of ether oxygens (including phenoxy) is 1. The summed E-state index contributed by atoms with van der Waals surface area (Å²) >= 11 is 0. The van der Waals surface area contributed by atoms with Crippen LogP contribution in [0.25, 0.3) is 21.7 Å². The van der Waals surface area contributed by atoms with Crippen LogP contribution >= 0.6 is 0 Å². The molecule has 17 heteroatoms. The number of nitrogens with zero attached hydrogens (tertiary/aromatic N) is 4. The SMILES string of the molecule is CCC(C)S(=O)(=O)NC(=O)[C@@]12C[C@H]1/C=C\CCCCC[C@H](NC(=O)c1cnn(C)c1)C(=O)N1C[C@H](Oc3nc4cc(F)ccc4c4cc(F)ccc34)C[C@H]1C(=O)N2. The molecule has 2 fully saturated rings. The molecule has 3 N–H and O–H groups in total. The number of sulfonamides is 1. The van der Waals surface area contributed by atoms with E-state index in [-0.39, 0.29) is 49.2 Å². The highest BCUT2D eigenvalue weighted by atomic mass is 32.2. The van der Waals surface area contributed by atoms with Crippen molar-refractivity contribution in [2.24, 2.45) is 13.0 Å². The summed E-state index contributed by atoms with van der Waals surface area (Å²) in [7, 11) is -2.40. The molecule has 7 rings (SSSR count). The number of halogens is 2. The highest BCUT2D eigenvalue weighted by Gasteiger charge is 2.61. The third-order valence-electron chi connectivity index (χ3n) is 11.2. The smallest absolute Gasteiger partial charge is 0.259 e. The summed E-state index contributed by atoms with van der Waals surface area (Å²) in [6.45, 7) is 3.02. The topological polar surface area (TPSA) is 182 Å². The van der Waals surface area contributed by atoms with Crippen LogP contribution in [0.3, 0.4) is 0 Å². The van der Waals surface area contributed by atoms with Crippen LogP contribution in [0.2, 0.25) is 0 Å². The van der Waals surface area contributed by atoms with Gasteiger partial charge in [-0.15, -0.1) is 0 Å². The Morgan fingerprint density at radius 3 is 2.56 bits per heavy atom. The predicted octanol–water partition coefficient (Wildman–Crippen LogP) is 4.19. The molecular weight excluding hydrogens is 761 g/mol. The molecule has 2 aromatic heterocycles. The van der Waals surface area contributed by atoms with Gasteiger partial charge in [-0.2, -0.15) is 5.10 Å². The molecule has 4 aromatic rings. The van der Waals surface area contributed by atoms with Crippen molar-refractivity contribution in [1.82, 2.24) is 35.0 Å². The first-order valence-electron chi connectivity index (χ1n) is 19.2. The minimum Gasteiger partial charge on any atom is -0.472 e. The summed E-state index contributed by atoms with van der Waals surface area (Å²) in [5.41, 5.74) is -1.15. The maximum absolute atomic E-state index is 14.6. The molecule has 14 nitrogen and oxygen atoms in total. The summed E-state index contributed by atoms with van der Waals surface area (Å²) in [6, 6.07) is 5.69. The Hall–Kier alpha value is -5.45. The maximum atomic E-state index is 14.6. The molecule has 6 atom stereocenters. The van der Waals surface area contributed by atoms with E-state index in [4.69, 9.17) is 4.74 Å². The Kier molecular flexibility index (Phi) is 11.0. The molecule has 2 aliphatic heterocycles. The fourth-order valence-electron chi connectivity index (χ4n) is 7.65. The number of hydrogen-bond donors (Lipinski definition) is 3. The number of aryl methyl sites for hydroxylation is 1. The Morgan fingerprint density at radius 1 is 1.07 bits per heavy atom. The van der Waals surface area contributed by atoms with E-state index < -0.39 is 80.2 Å². The van der Waals surface area contributed by atoms with Crippen LogP contribution in [0, 0.1) is 17.6 Å². The van der Waals surface area contributed by atoms with E-state index in [2.05, 4.69) is 25.4 Å². The van der Waals surface area contributed by atoms with Gasteiger partial charge in [0.15, 0.2) is 0 Å². The van der Waals surface area contributed by atoms with Gasteiger partial charge in [0.05, 0.1) is 29.1 Å². The Morgan fingerprint density at radius 2 is 1.82 bits per heavy atom. The number of carbonyl (C=O) groups is 4. The van der Waals surface area contributed by atoms with Gasteiger partial charge in [-0.05, 0) is 74.7 Å². The molecule has 4 heterocycles. The molecule has 57 heavy (non-hydrogen) atoms. The van der Waals surface area contributed by atoms with Crippen molar-refractivity contribution in [3.63, 3.8) is 0 Å². The van der Waals surface area contributed by atoms with Gasteiger partial charge in [0.2, 0.25) is 27.7 Å². The van der Waals surface area contributed by atoms with E-state index in [0.29, 0.717) is 35.4 Å². The number of fused-ring (bicyclic) bond motifs is 5. The largest absolute Gasteiger partial charge is 0.472 e. The second kappa shape index (κ2) is 15.8. The highest BCUT2D eigenvalue weighted by Crippen LogP contribution is 2.46. The number of pyridine rings is 1. The average Bonchev–Trinajstić information content (AvgIpc) is 3.44. The fraction of sp³-hybridized carbons (Fsp3) is 0.450. The van der Waals surface area contributed by atoms with Crippen molar-refractivity contribution in [3.05, 3.63) is 78.1 Å². The zero-order valence-electron chi connectivity index (χ0n) is 31.8. The minimum absolute atomic E-state index is 0.0311. The number of nitrogens with one attached hydrogen (secondary N) is 3. The second-order valence-corrected chi connectivity index (χ2v) is 17.3. The van der Waals surface area contributed by atoms with Crippen LogP contribution in [-0.4, -0.2) is 87.2 Å². The Labute approximate surface area is 328 Å². The van der Waals surface area contributed by atoms with Gasteiger partial charge in [-0.3, -0.25) is 28.6 Å². The molecule has 1 saturated carbocycles. The van der Waals surface area contributed by atoms with E-state index >= 15 is 0 Å². The highest BCUT2D eigenvalue weighted by molar-refractivity contribution is 7.90. The molecule has 1 aliphatic carbocycles. The molecule has 302 valence electrons. The summed E-state index contributed by atoms with van der Waals surface area (Å²) in [5, 5.41) is 10.2. The average molecular weight is 806 g/mol. The molecule has 2 aromatic carbocycles. The lowest BCUT2D eigenvalue weighted by Gasteiger charge is -2.30. The number of carbonyl (C=O) groups excluding carboxylic acids is 4. The number of benzene rings is 2. The van der Waals surface area contributed by atoms with Crippen molar-refractivity contribution in [2.45, 2.75) is 94.2 Å². The summed E-state index contributed by atoms with van der Waals surface area (Å²) in [6.07, 6.45) is 9.01. The van der Waals surface area contributed by atoms with Crippen LogP contribution in [0.4, 0.5) is 8.78 Å². The number of amides is 4. The van der Waals surface area contributed by atoms with Gasteiger partial charge in [0.1, 0.15) is 35.4 Å². The molecule has 1 saturated heterocycles. The predicted molar refractivity (Wildman–Crippen MR) is 206 cm³/mol. The van der Waals surface area contributed by atoms with Gasteiger partial charge in [-0.1, -0.05) is 31.9 Å². The van der Waals surface area contributed by atoms with Gasteiger partial charge < -0.3 is 20.3 Å². The quantitative estimate of drug-likeness (QED) is 0.174. The summed E-state index contributed by atoms with van der Waals surface area (Å²) < 4.78 is 65.0. The number of allylic oxidation sites excluding steroid dienone is 1. The molecule has 0 radical (unpaired) electrons. The first-order chi connectivity index (χ1) is 27.2. The molecular formula is C40H45F2N7O7S. The van der Waals surface area contributed by atoms with Gasteiger partial charge in [0, 0.05) is 42.4 Å². The number of aromatic nitrogens is 3. The van der Waals surface area contributed by atoms with Crippen molar-refractivity contribution < 1.29 is 41.1 Å². The number of rotatable bonds is 8. The monoisotopic (exact) mass is 805 g/mol. The van der Waals surface area contributed by atoms with E-state index in [0.717, 1.165) is 6.42 Å².